The monoisotopic (exact) mass is 301 g/mol. The molecule has 2 aliphatic rings. The maximum absolute atomic E-state index is 9.94. The van der Waals surface area contributed by atoms with E-state index in [4.69, 9.17) is 14.9 Å². The smallest absolute Gasteiger partial charge is 0.0900 e. The number of hydrogen-bond donors (Lipinski definition) is 3. The van der Waals surface area contributed by atoms with E-state index < -0.39 is 6.10 Å². The zero-order valence-corrected chi connectivity index (χ0v) is 13.0. The summed E-state index contributed by atoms with van der Waals surface area (Å²) in [6.07, 6.45) is 6.25. The van der Waals surface area contributed by atoms with Gasteiger partial charge in [-0.3, -0.25) is 4.90 Å². The molecule has 2 rings (SSSR count). The van der Waals surface area contributed by atoms with Gasteiger partial charge in [0.1, 0.15) is 0 Å². The van der Waals surface area contributed by atoms with Gasteiger partial charge in [0.25, 0.3) is 0 Å². The summed E-state index contributed by atoms with van der Waals surface area (Å²) in [7, 11) is 0. The highest BCUT2D eigenvalue weighted by Gasteiger charge is 2.38. The first kappa shape index (κ1) is 17.2. The molecule has 4 atom stereocenters. The molecule has 0 unspecified atom stereocenters. The van der Waals surface area contributed by atoms with E-state index in [2.05, 4.69) is 0 Å². The molecule has 0 heterocycles. The number of fused-ring (bicyclic) bond motifs is 2. The molecule has 0 radical (unpaired) electrons. The molecule has 3 N–H and O–H groups in total. The quantitative estimate of drug-likeness (QED) is 0.484. The third kappa shape index (κ3) is 5.49. The van der Waals surface area contributed by atoms with Crippen molar-refractivity contribution in [1.82, 2.24) is 4.90 Å². The van der Waals surface area contributed by atoms with Gasteiger partial charge in [-0.1, -0.05) is 6.42 Å². The van der Waals surface area contributed by atoms with E-state index in [-0.39, 0.29) is 13.2 Å². The molecule has 0 aliphatic heterocycles. The van der Waals surface area contributed by atoms with Crippen LogP contribution >= 0.6 is 0 Å². The molecule has 21 heavy (non-hydrogen) atoms. The summed E-state index contributed by atoms with van der Waals surface area (Å²) >= 11 is 0. The van der Waals surface area contributed by atoms with Crippen LogP contribution in [-0.2, 0) is 4.74 Å². The van der Waals surface area contributed by atoms with Crippen molar-refractivity contribution in [1.29, 1.82) is 0 Å². The zero-order valence-electron chi connectivity index (χ0n) is 13.0. The van der Waals surface area contributed by atoms with Crippen LogP contribution in [0.1, 0.15) is 32.1 Å². The molecule has 2 bridgehead atoms. The van der Waals surface area contributed by atoms with Gasteiger partial charge < -0.3 is 20.1 Å². The van der Waals surface area contributed by atoms with E-state index in [1.807, 2.05) is 4.90 Å². The van der Waals surface area contributed by atoms with Crippen molar-refractivity contribution in [2.24, 2.45) is 17.8 Å². The summed E-state index contributed by atoms with van der Waals surface area (Å²) < 4.78 is 5.62. The Morgan fingerprint density at radius 2 is 1.86 bits per heavy atom. The fraction of sp³-hybridized carbons (Fsp3) is 1.00. The molecule has 5 heteroatoms. The van der Waals surface area contributed by atoms with Crippen LogP contribution in [0.5, 0.6) is 0 Å². The van der Waals surface area contributed by atoms with Gasteiger partial charge in [0.05, 0.1) is 25.9 Å². The lowest BCUT2D eigenvalue weighted by molar-refractivity contribution is 0.00617. The predicted molar refractivity (Wildman–Crippen MR) is 81.0 cm³/mol. The fourth-order valence-electron chi connectivity index (χ4n) is 4.11. The van der Waals surface area contributed by atoms with E-state index in [1.165, 1.54) is 25.7 Å². The summed E-state index contributed by atoms with van der Waals surface area (Å²) in [5.41, 5.74) is 0. The van der Waals surface area contributed by atoms with Crippen LogP contribution in [0.3, 0.4) is 0 Å². The van der Waals surface area contributed by atoms with Gasteiger partial charge in [0.2, 0.25) is 0 Å². The van der Waals surface area contributed by atoms with Crippen LogP contribution in [0.15, 0.2) is 0 Å². The van der Waals surface area contributed by atoms with Crippen LogP contribution in [0.4, 0.5) is 0 Å². The summed E-state index contributed by atoms with van der Waals surface area (Å²) in [5.74, 6) is 2.77. The SMILES string of the molecule is OCCN(CCO)C[C@@H](O)COCC[C@H]1C[C@H]2CC[C@H]1C2. The van der Waals surface area contributed by atoms with E-state index in [9.17, 15) is 5.11 Å². The highest BCUT2D eigenvalue weighted by molar-refractivity contribution is 4.89. The second-order valence-corrected chi connectivity index (χ2v) is 6.70. The Labute approximate surface area is 127 Å². The normalized spacial score (nSPS) is 29.4. The maximum Gasteiger partial charge on any atom is 0.0900 e. The van der Waals surface area contributed by atoms with Crippen LogP contribution in [0.25, 0.3) is 0 Å². The van der Waals surface area contributed by atoms with Crippen LogP contribution < -0.4 is 0 Å². The largest absolute Gasteiger partial charge is 0.395 e. The molecule has 2 fully saturated rings. The Morgan fingerprint density at radius 3 is 2.43 bits per heavy atom. The van der Waals surface area contributed by atoms with Crippen LogP contribution in [-0.4, -0.2) is 72.4 Å². The lowest BCUT2D eigenvalue weighted by Gasteiger charge is -2.24. The van der Waals surface area contributed by atoms with Crippen molar-refractivity contribution in [3.8, 4) is 0 Å². The molecule has 5 nitrogen and oxygen atoms in total. The van der Waals surface area contributed by atoms with Gasteiger partial charge in [0.15, 0.2) is 0 Å². The first-order valence-corrected chi connectivity index (χ1v) is 8.42. The van der Waals surface area contributed by atoms with Crippen LogP contribution in [0.2, 0.25) is 0 Å². The second-order valence-electron chi connectivity index (χ2n) is 6.70. The van der Waals surface area contributed by atoms with Crippen molar-refractivity contribution in [3.63, 3.8) is 0 Å². The lowest BCUT2D eigenvalue weighted by atomic mass is 9.87. The number of ether oxygens (including phenoxy) is 1. The lowest BCUT2D eigenvalue weighted by Crippen LogP contribution is -2.38. The highest BCUT2D eigenvalue weighted by Crippen LogP contribution is 2.49. The molecule has 124 valence electrons. The third-order valence-corrected chi connectivity index (χ3v) is 5.13. The van der Waals surface area contributed by atoms with E-state index >= 15 is 0 Å². The number of aliphatic hydroxyl groups excluding tert-OH is 3. The Kier molecular flexibility index (Phi) is 7.40. The van der Waals surface area contributed by atoms with Crippen molar-refractivity contribution < 1.29 is 20.1 Å². The van der Waals surface area contributed by atoms with Crippen molar-refractivity contribution in [2.75, 3.05) is 46.1 Å². The van der Waals surface area contributed by atoms with Gasteiger partial charge in [-0.25, -0.2) is 0 Å². The molecule has 0 aromatic carbocycles. The predicted octanol–water partition coefficient (Wildman–Crippen LogP) is 0.477. The highest BCUT2D eigenvalue weighted by atomic mass is 16.5. The Balaban J connectivity index is 1.53. The van der Waals surface area contributed by atoms with E-state index in [1.54, 1.807) is 0 Å². The minimum atomic E-state index is -0.553. The van der Waals surface area contributed by atoms with E-state index in [0.717, 1.165) is 30.8 Å². The molecule has 0 saturated heterocycles. The first-order valence-electron chi connectivity index (χ1n) is 8.42. The standard InChI is InChI=1S/C16H31NO4/c18-6-4-17(5-7-19)11-16(20)12-21-8-3-15-10-13-1-2-14(15)9-13/h13-16,18-20H,1-12H2/t13-,14-,15-,16+/m0/s1. The molecule has 2 saturated carbocycles. The van der Waals surface area contributed by atoms with Crippen molar-refractivity contribution >= 4 is 0 Å². The minimum absolute atomic E-state index is 0.0395. The molecular weight excluding hydrogens is 270 g/mol. The summed E-state index contributed by atoms with van der Waals surface area (Å²) in [4.78, 5) is 1.85. The third-order valence-electron chi connectivity index (χ3n) is 5.13. The van der Waals surface area contributed by atoms with Gasteiger partial charge >= 0.3 is 0 Å². The topological polar surface area (TPSA) is 73.2 Å². The number of nitrogens with zero attached hydrogens (tertiary/aromatic N) is 1. The molecule has 0 aromatic rings. The number of hydrogen-bond acceptors (Lipinski definition) is 5. The maximum atomic E-state index is 9.94. The second kappa shape index (κ2) is 9.06. The Hall–Kier alpha value is -0.200. The average Bonchev–Trinajstić information content (AvgIpc) is 3.06. The minimum Gasteiger partial charge on any atom is -0.395 e. The van der Waals surface area contributed by atoms with Crippen molar-refractivity contribution in [3.05, 3.63) is 0 Å². The molecular formula is C16H31NO4. The first-order chi connectivity index (χ1) is 10.2. The van der Waals surface area contributed by atoms with Gasteiger partial charge in [-0.05, 0) is 43.4 Å². The van der Waals surface area contributed by atoms with Crippen molar-refractivity contribution in [2.45, 2.75) is 38.2 Å². The summed E-state index contributed by atoms with van der Waals surface area (Å²) in [6, 6.07) is 0. The molecule has 2 aliphatic carbocycles. The van der Waals surface area contributed by atoms with E-state index in [0.29, 0.717) is 26.2 Å². The average molecular weight is 301 g/mol. The Morgan fingerprint density at radius 1 is 1.10 bits per heavy atom. The number of rotatable bonds is 11. The molecule has 0 amide bonds. The summed E-state index contributed by atoms with van der Waals surface area (Å²) in [6.45, 7) is 2.55. The fourth-order valence-corrected chi connectivity index (χ4v) is 4.11. The van der Waals surface area contributed by atoms with Gasteiger partial charge in [-0.2, -0.15) is 0 Å². The van der Waals surface area contributed by atoms with Crippen LogP contribution in [0, 0.1) is 17.8 Å². The zero-order chi connectivity index (χ0) is 15.1. The number of aliphatic hydroxyl groups is 3. The molecule has 0 aromatic heterocycles. The Bertz CT molecular complexity index is 283. The van der Waals surface area contributed by atoms with Gasteiger partial charge in [0, 0.05) is 26.2 Å². The van der Waals surface area contributed by atoms with Gasteiger partial charge in [-0.15, -0.1) is 0 Å². The molecule has 0 spiro atoms. The summed E-state index contributed by atoms with van der Waals surface area (Å²) in [5, 5.41) is 27.8.